The van der Waals surface area contributed by atoms with Gasteiger partial charge in [-0.05, 0) is 25.1 Å². The Morgan fingerprint density at radius 3 is 2.56 bits per heavy atom. The van der Waals surface area contributed by atoms with Crippen molar-refractivity contribution < 1.29 is 21.6 Å². The van der Waals surface area contributed by atoms with Crippen molar-refractivity contribution >= 4 is 21.3 Å². The number of hydrogen-bond acceptors (Lipinski definition) is 7. The lowest BCUT2D eigenvalue weighted by molar-refractivity contribution is -0.146. The van der Waals surface area contributed by atoms with Crippen LogP contribution in [0.2, 0.25) is 0 Å². The van der Waals surface area contributed by atoms with Crippen LogP contribution in [0.5, 0.6) is 0 Å². The Morgan fingerprint density at radius 1 is 1.16 bits per heavy atom. The Balaban J connectivity index is 1.53. The Bertz CT molecular complexity index is 837. The van der Waals surface area contributed by atoms with Crippen molar-refractivity contribution in [3.8, 4) is 0 Å². The molecule has 12 heteroatoms. The third-order valence-electron chi connectivity index (χ3n) is 3.91. The zero-order chi connectivity index (χ0) is 18.1. The lowest BCUT2D eigenvalue weighted by Crippen LogP contribution is -2.41. The summed E-state index contributed by atoms with van der Waals surface area (Å²) >= 11 is 0. The lowest BCUT2D eigenvalue weighted by Gasteiger charge is -2.26. The van der Waals surface area contributed by atoms with Crippen molar-refractivity contribution in [1.29, 1.82) is 0 Å². The molecule has 3 rings (SSSR count). The highest BCUT2D eigenvalue weighted by Gasteiger charge is 2.37. The Labute approximate surface area is 141 Å². The first-order valence-electron chi connectivity index (χ1n) is 7.71. The van der Waals surface area contributed by atoms with E-state index in [2.05, 4.69) is 25.5 Å². The molecule has 0 unspecified atom stereocenters. The highest BCUT2D eigenvalue weighted by atomic mass is 32.2. The monoisotopic (exact) mass is 378 g/mol. The van der Waals surface area contributed by atoms with Crippen LogP contribution in [-0.4, -0.2) is 70.8 Å². The highest BCUT2D eigenvalue weighted by Crippen LogP contribution is 2.27. The molecule has 8 nitrogen and oxygen atoms in total. The SMILES string of the molecule is O=S1(=O)CCN(CCCNc2ccc3nnc(C(F)(F)F)n3n2)CC1. The first-order valence-corrected chi connectivity index (χ1v) is 9.53. The number of alkyl halides is 3. The molecule has 0 spiro atoms. The van der Waals surface area contributed by atoms with Crippen LogP contribution in [0.15, 0.2) is 12.1 Å². The summed E-state index contributed by atoms with van der Waals surface area (Å²) in [6.45, 7) is 2.25. The molecule has 1 fully saturated rings. The molecule has 0 aromatic carbocycles. The summed E-state index contributed by atoms with van der Waals surface area (Å²) in [5.41, 5.74) is 0.0207. The first kappa shape index (κ1) is 17.9. The van der Waals surface area contributed by atoms with Gasteiger partial charge in [0.1, 0.15) is 5.82 Å². The predicted molar refractivity (Wildman–Crippen MR) is 84.0 cm³/mol. The fourth-order valence-corrected chi connectivity index (χ4v) is 3.83. The van der Waals surface area contributed by atoms with Gasteiger partial charge in [0.05, 0.1) is 11.5 Å². The number of rotatable bonds is 5. The third-order valence-corrected chi connectivity index (χ3v) is 5.52. The summed E-state index contributed by atoms with van der Waals surface area (Å²) in [6.07, 6.45) is -3.91. The van der Waals surface area contributed by atoms with Crippen LogP contribution in [0.25, 0.3) is 5.65 Å². The van der Waals surface area contributed by atoms with Gasteiger partial charge in [0.2, 0.25) is 0 Å². The van der Waals surface area contributed by atoms with Crippen LogP contribution < -0.4 is 5.32 Å². The summed E-state index contributed by atoms with van der Waals surface area (Å²) in [4.78, 5) is 2.06. The van der Waals surface area contributed by atoms with E-state index in [1.165, 1.54) is 12.1 Å². The summed E-state index contributed by atoms with van der Waals surface area (Å²) in [7, 11) is -2.89. The average molecular weight is 378 g/mol. The van der Waals surface area contributed by atoms with Crippen molar-refractivity contribution in [3.05, 3.63) is 18.0 Å². The number of aromatic nitrogens is 4. The van der Waals surface area contributed by atoms with Gasteiger partial charge in [-0.15, -0.1) is 15.3 Å². The van der Waals surface area contributed by atoms with Crippen LogP contribution in [0.3, 0.4) is 0 Å². The Morgan fingerprint density at radius 2 is 1.88 bits per heavy atom. The number of hydrogen-bond donors (Lipinski definition) is 1. The minimum absolute atomic E-state index is 0.0207. The van der Waals surface area contributed by atoms with Crippen LogP contribution in [0.1, 0.15) is 12.2 Å². The van der Waals surface area contributed by atoms with E-state index in [0.29, 0.717) is 42.9 Å². The zero-order valence-corrected chi connectivity index (χ0v) is 14.0. The first-order chi connectivity index (χ1) is 11.7. The normalized spacial score (nSPS) is 18.5. The molecular weight excluding hydrogens is 361 g/mol. The van der Waals surface area contributed by atoms with Crippen molar-refractivity contribution in [2.24, 2.45) is 0 Å². The second-order valence-corrected chi connectivity index (χ2v) is 8.09. The standard InChI is InChI=1S/C13H17F3N6O2S/c14-13(15,16)12-19-18-11-3-2-10(20-22(11)12)17-4-1-5-21-6-8-25(23,24)9-7-21/h2-3H,1,4-9H2,(H,17,20). The van der Waals surface area contributed by atoms with E-state index >= 15 is 0 Å². The van der Waals surface area contributed by atoms with Crippen LogP contribution >= 0.6 is 0 Å². The summed E-state index contributed by atoms with van der Waals surface area (Å²) in [6, 6.07) is 2.95. The summed E-state index contributed by atoms with van der Waals surface area (Å²) in [5, 5.41) is 13.4. The molecule has 0 amide bonds. The molecule has 0 bridgehead atoms. The van der Waals surface area contributed by atoms with E-state index in [9.17, 15) is 21.6 Å². The molecular formula is C13H17F3N6O2S. The van der Waals surface area contributed by atoms with Crippen LogP contribution in [0, 0.1) is 0 Å². The van der Waals surface area contributed by atoms with E-state index in [1.54, 1.807) is 0 Å². The number of nitrogens with one attached hydrogen (secondary N) is 1. The maximum Gasteiger partial charge on any atom is 0.453 e. The largest absolute Gasteiger partial charge is 0.453 e. The maximum absolute atomic E-state index is 12.8. The van der Waals surface area contributed by atoms with Gasteiger partial charge < -0.3 is 10.2 Å². The van der Waals surface area contributed by atoms with Crippen molar-refractivity contribution in [1.82, 2.24) is 24.7 Å². The summed E-state index contributed by atoms with van der Waals surface area (Å²) in [5.74, 6) is -0.529. The number of fused-ring (bicyclic) bond motifs is 1. The fraction of sp³-hybridized carbons (Fsp3) is 0.615. The van der Waals surface area contributed by atoms with Gasteiger partial charge in [-0.2, -0.15) is 17.7 Å². The topological polar surface area (TPSA) is 92.5 Å². The molecule has 1 saturated heterocycles. The van der Waals surface area contributed by atoms with Gasteiger partial charge in [-0.25, -0.2) is 8.42 Å². The van der Waals surface area contributed by atoms with Crippen molar-refractivity contribution in [2.45, 2.75) is 12.6 Å². The van der Waals surface area contributed by atoms with Gasteiger partial charge in [0, 0.05) is 19.6 Å². The molecule has 2 aromatic heterocycles. The van der Waals surface area contributed by atoms with E-state index < -0.39 is 21.8 Å². The maximum atomic E-state index is 12.8. The molecule has 0 radical (unpaired) electrons. The van der Waals surface area contributed by atoms with E-state index in [1.807, 2.05) is 0 Å². The van der Waals surface area contributed by atoms with E-state index in [4.69, 9.17) is 0 Å². The molecule has 1 aliphatic heterocycles. The van der Waals surface area contributed by atoms with Crippen LogP contribution in [0.4, 0.5) is 19.0 Å². The predicted octanol–water partition coefficient (Wildman–Crippen LogP) is 0.675. The van der Waals surface area contributed by atoms with E-state index in [-0.39, 0.29) is 17.2 Å². The fourth-order valence-electron chi connectivity index (χ4n) is 2.55. The summed E-state index contributed by atoms with van der Waals surface area (Å²) < 4.78 is 61.8. The van der Waals surface area contributed by atoms with Gasteiger partial charge in [-0.1, -0.05) is 0 Å². The zero-order valence-electron chi connectivity index (χ0n) is 13.2. The molecule has 0 atom stereocenters. The van der Waals surface area contributed by atoms with Crippen LogP contribution in [-0.2, 0) is 16.0 Å². The molecule has 0 aliphatic carbocycles. The van der Waals surface area contributed by atoms with Gasteiger partial charge in [-0.3, -0.25) is 0 Å². The molecule has 25 heavy (non-hydrogen) atoms. The number of sulfone groups is 1. The lowest BCUT2D eigenvalue weighted by atomic mass is 10.3. The molecule has 1 aliphatic rings. The van der Waals surface area contributed by atoms with Crippen molar-refractivity contribution in [2.75, 3.05) is 43.0 Å². The minimum Gasteiger partial charge on any atom is -0.369 e. The highest BCUT2D eigenvalue weighted by molar-refractivity contribution is 7.91. The molecule has 1 N–H and O–H groups in total. The second kappa shape index (κ2) is 6.75. The molecule has 138 valence electrons. The number of halogens is 3. The third kappa shape index (κ3) is 4.37. The Kier molecular flexibility index (Phi) is 4.82. The number of nitrogens with zero attached hydrogens (tertiary/aromatic N) is 5. The van der Waals surface area contributed by atoms with Gasteiger partial charge >= 0.3 is 6.18 Å². The quantitative estimate of drug-likeness (QED) is 0.765. The molecule has 2 aromatic rings. The Hall–Kier alpha value is -1.95. The molecule has 0 saturated carbocycles. The minimum atomic E-state index is -4.63. The van der Waals surface area contributed by atoms with E-state index in [0.717, 1.165) is 0 Å². The smallest absolute Gasteiger partial charge is 0.369 e. The molecule has 3 heterocycles. The average Bonchev–Trinajstić information content (AvgIpc) is 2.96. The second-order valence-electron chi connectivity index (χ2n) is 5.78. The van der Waals surface area contributed by atoms with Gasteiger partial charge in [0.25, 0.3) is 5.82 Å². The number of anilines is 1. The van der Waals surface area contributed by atoms with Gasteiger partial charge in [0.15, 0.2) is 15.5 Å². The van der Waals surface area contributed by atoms with Crippen molar-refractivity contribution in [3.63, 3.8) is 0 Å².